The van der Waals surface area contributed by atoms with E-state index >= 15 is 0 Å². The van der Waals surface area contributed by atoms with E-state index in [2.05, 4.69) is 15.8 Å². The van der Waals surface area contributed by atoms with Crippen molar-refractivity contribution in [2.24, 2.45) is 5.10 Å². The zero-order valence-corrected chi connectivity index (χ0v) is 20.5. The minimum atomic E-state index is -0.956. The minimum absolute atomic E-state index is 0.271. The summed E-state index contributed by atoms with van der Waals surface area (Å²) in [6.07, 6.45) is 1.32. The Morgan fingerprint density at radius 2 is 1.74 bits per heavy atom. The van der Waals surface area contributed by atoms with Crippen LogP contribution in [0.5, 0.6) is 5.75 Å². The van der Waals surface area contributed by atoms with E-state index in [1.807, 2.05) is 24.3 Å². The summed E-state index contributed by atoms with van der Waals surface area (Å²) in [5.41, 5.74) is 3.75. The number of carbonyl (C=O) groups excluding carboxylic acids is 3. The molecule has 4 rings (SSSR count). The summed E-state index contributed by atoms with van der Waals surface area (Å²) < 4.78 is 6.35. The highest BCUT2D eigenvalue weighted by Crippen LogP contribution is 2.35. The number of esters is 1. The number of thiophene rings is 1. The standard InChI is InChI=1S/C25H17Cl2N3O4S/c1-14-18(26)9-5-10-19(14)29-23(31)24(32)30-28-13-15-6-4-7-16(12-15)34-25(33)22-21(27)17-8-2-3-11-20(17)35-22/h2-13H,1H3,(H,29,31)(H,30,32)/b28-13+. The molecule has 3 aromatic carbocycles. The van der Waals surface area contributed by atoms with Gasteiger partial charge in [0.25, 0.3) is 0 Å². The molecule has 0 atom stereocenters. The maximum absolute atomic E-state index is 12.6. The number of ether oxygens (including phenoxy) is 1. The molecule has 35 heavy (non-hydrogen) atoms. The first-order valence-corrected chi connectivity index (χ1v) is 11.8. The number of hydrogen-bond donors (Lipinski definition) is 2. The third-order valence-electron chi connectivity index (χ3n) is 4.89. The molecule has 0 unspecified atom stereocenters. The van der Waals surface area contributed by atoms with Gasteiger partial charge in [0.2, 0.25) is 0 Å². The second-order valence-electron chi connectivity index (χ2n) is 7.27. The molecular weight excluding hydrogens is 509 g/mol. The lowest BCUT2D eigenvalue weighted by atomic mass is 10.2. The molecule has 0 saturated heterocycles. The summed E-state index contributed by atoms with van der Waals surface area (Å²) in [5, 5.41) is 7.89. The zero-order chi connectivity index (χ0) is 24.9. The van der Waals surface area contributed by atoms with Crippen LogP contribution < -0.4 is 15.5 Å². The van der Waals surface area contributed by atoms with Gasteiger partial charge in [-0.05, 0) is 48.4 Å². The van der Waals surface area contributed by atoms with Gasteiger partial charge < -0.3 is 10.1 Å². The van der Waals surface area contributed by atoms with E-state index in [9.17, 15) is 14.4 Å². The number of hydrazone groups is 1. The van der Waals surface area contributed by atoms with Crippen LogP contribution in [0.15, 0.2) is 71.8 Å². The van der Waals surface area contributed by atoms with E-state index < -0.39 is 17.8 Å². The van der Waals surface area contributed by atoms with Crippen molar-refractivity contribution in [3.63, 3.8) is 0 Å². The van der Waals surface area contributed by atoms with Crippen molar-refractivity contribution in [2.75, 3.05) is 5.32 Å². The Bertz CT molecular complexity index is 1480. The monoisotopic (exact) mass is 525 g/mol. The van der Waals surface area contributed by atoms with Crippen LogP contribution in [0.3, 0.4) is 0 Å². The second-order valence-corrected chi connectivity index (χ2v) is 9.11. The van der Waals surface area contributed by atoms with E-state index in [0.29, 0.717) is 31.7 Å². The highest BCUT2D eigenvalue weighted by Gasteiger charge is 2.19. The van der Waals surface area contributed by atoms with E-state index in [1.54, 1.807) is 49.4 Å². The lowest BCUT2D eigenvalue weighted by Gasteiger charge is -2.08. The summed E-state index contributed by atoms with van der Waals surface area (Å²) in [5.74, 6) is -2.16. The van der Waals surface area contributed by atoms with Gasteiger partial charge in [-0.25, -0.2) is 10.2 Å². The summed E-state index contributed by atoms with van der Waals surface area (Å²) in [6, 6.07) is 18.9. The van der Waals surface area contributed by atoms with Gasteiger partial charge in [-0.1, -0.05) is 59.6 Å². The number of nitrogens with zero attached hydrogens (tertiary/aromatic N) is 1. The minimum Gasteiger partial charge on any atom is -0.422 e. The van der Waals surface area contributed by atoms with Crippen molar-refractivity contribution < 1.29 is 19.1 Å². The largest absolute Gasteiger partial charge is 0.422 e. The van der Waals surface area contributed by atoms with Crippen LogP contribution in [0.1, 0.15) is 20.8 Å². The number of carbonyl (C=O) groups is 3. The van der Waals surface area contributed by atoms with Gasteiger partial charge in [-0.15, -0.1) is 11.3 Å². The highest BCUT2D eigenvalue weighted by atomic mass is 35.5. The molecule has 1 aromatic heterocycles. The van der Waals surface area contributed by atoms with Crippen LogP contribution in [-0.4, -0.2) is 24.0 Å². The van der Waals surface area contributed by atoms with Gasteiger partial charge in [0.05, 0.1) is 11.2 Å². The predicted molar refractivity (Wildman–Crippen MR) is 139 cm³/mol. The average molecular weight is 526 g/mol. The first kappa shape index (κ1) is 24.4. The van der Waals surface area contributed by atoms with Gasteiger partial charge in [-0.3, -0.25) is 9.59 Å². The van der Waals surface area contributed by atoms with Gasteiger partial charge in [0, 0.05) is 20.8 Å². The van der Waals surface area contributed by atoms with E-state index in [-0.39, 0.29) is 5.75 Å². The number of benzene rings is 3. The lowest BCUT2D eigenvalue weighted by molar-refractivity contribution is -0.136. The average Bonchev–Trinajstić information content (AvgIpc) is 3.19. The molecule has 0 radical (unpaired) electrons. The Morgan fingerprint density at radius 3 is 2.54 bits per heavy atom. The second kappa shape index (κ2) is 10.7. The summed E-state index contributed by atoms with van der Waals surface area (Å²) in [6.45, 7) is 1.72. The number of fused-ring (bicyclic) bond motifs is 1. The molecule has 0 aliphatic heterocycles. The van der Waals surface area contributed by atoms with E-state index in [0.717, 1.165) is 10.1 Å². The third-order valence-corrected chi connectivity index (χ3v) is 6.96. The molecule has 7 nitrogen and oxygen atoms in total. The topological polar surface area (TPSA) is 96.9 Å². The smallest absolute Gasteiger partial charge is 0.355 e. The highest BCUT2D eigenvalue weighted by molar-refractivity contribution is 7.21. The van der Waals surface area contributed by atoms with Gasteiger partial charge >= 0.3 is 17.8 Å². The van der Waals surface area contributed by atoms with Crippen LogP contribution in [0.2, 0.25) is 10.0 Å². The van der Waals surface area contributed by atoms with Crippen molar-refractivity contribution in [2.45, 2.75) is 6.92 Å². The van der Waals surface area contributed by atoms with Crippen molar-refractivity contribution >= 4 is 74.3 Å². The Hall–Kier alpha value is -3.72. The molecule has 2 N–H and O–H groups in total. The van der Waals surface area contributed by atoms with Crippen LogP contribution >= 0.6 is 34.5 Å². The van der Waals surface area contributed by atoms with Crippen LogP contribution in [0, 0.1) is 6.92 Å². The first-order chi connectivity index (χ1) is 16.8. The normalized spacial score (nSPS) is 10.9. The molecule has 176 valence electrons. The lowest BCUT2D eigenvalue weighted by Crippen LogP contribution is -2.32. The fourth-order valence-corrected chi connectivity index (χ4v) is 4.65. The molecule has 0 bridgehead atoms. The zero-order valence-electron chi connectivity index (χ0n) is 18.2. The summed E-state index contributed by atoms with van der Waals surface area (Å²) in [4.78, 5) is 37.1. The summed E-state index contributed by atoms with van der Waals surface area (Å²) >= 11 is 13.6. The van der Waals surface area contributed by atoms with Gasteiger partial charge in [0.1, 0.15) is 10.6 Å². The number of amides is 2. The molecule has 0 saturated carbocycles. The number of halogens is 2. The molecule has 2 amide bonds. The van der Waals surface area contributed by atoms with Crippen LogP contribution in [0.4, 0.5) is 5.69 Å². The van der Waals surface area contributed by atoms with Crippen molar-refractivity contribution in [1.29, 1.82) is 0 Å². The Labute approximate surface area is 214 Å². The molecular formula is C25H17Cl2N3O4S. The quantitative estimate of drug-likeness (QED) is 0.113. The fraction of sp³-hybridized carbons (Fsp3) is 0.0400. The molecule has 10 heteroatoms. The molecule has 0 spiro atoms. The van der Waals surface area contributed by atoms with Crippen molar-refractivity contribution in [1.82, 2.24) is 5.43 Å². The molecule has 0 aliphatic carbocycles. The maximum atomic E-state index is 12.6. The summed E-state index contributed by atoms with van der Waals surface area (Å²) in [7, 11) is 0. The fourth-order valence-electron chi connectivity index (χ4n) is 3.10. The maximum Gasteiger partial charge on any atom is 0.355 e. The van der Waals surface area contributed by atoms with Crippen molar-refractivity contribution in [3.8, 4) is 5.75 Å². The van der Waals surface area contributed by atoms with Gasteiger partial charge in [0.15, 0.2) is 0 Å². The predicted octanol–water partition coefficient (Wildman–Crippen LogP) is 5.82. The molecule has 4 aromatic rings. The van der Waals surface area contributed by atoms with E-state index in [4.69, 9.17) is 27.9 Å². The Balaban J connectivity index is 1.38. The molecule has 1 heterocycles. The van der Waals surface area contributed by atoms with Crippen LogP contribution in [0.25, 0.3) is 10.1 Å². The SMILES string of the molecule is Cc1c(Cl)cccc1NC(=O)C(=O)N/N=C/c1cccc(OC(=O)c2sc3ccccc3c2Cl)c1. The van der Waals surface area contributed by atoms with Gasteiger partial charge in [-0.2, -0.15) is 5.10 Å². The molecule has 0 aliphatic rings. The number of nitrogens with one attached hydrogen (secondary N) is 2. The number of anilines is 1. The van der Waals surface area contributed by atoms with Crippen molar-refractivity contribution in [3.05, 3.63) is 92.8 Å². The third kappa shape index (κ3) is 5.68. The number of hydrogen-bond acceptors (Lipinski definition) is 6. The van der Waals surface area contributed by atoms with E-state index in [1.165, 1.54) is 17.6 Å². The number of rotatable bonds is 5. The first-order valence-electron chi connectivity index (χ1n) is 10.2. The Morgan fingerprint density at radius 1 is 0.971 bits per heavy atom. The Kier molecular flexibility index (Phi) is 7.45. The molecule has 0 fully saturated rings. The van der Waals surface area contributed by atoms with Crippen LogP contribution in [-0.2, 0) is 9.59 Å².